The number of benzene rings is 2. The Kier molecular flexibility index (Phi) is 4.48. The van der Waals surface area contributed by atoms with Gasteiger partial charge in [-0.2, -0.15) is 0 Å². The summed E-state index contributed by atoms with van der Waals surface area (Å²) in [6.07, 6.45) is 7.52. The van der Waals surface area contributed by atoms with Crippen LogP contribution in [0.25, 0.3) is 17.1 Å². The predicted molar refractivity (Wildman–Crippen MR) is 112 cm³/mol. The molecule has 1 unspecified atom stereocenters. The van der Waals surface area contributed by atoms with E-state index in [1.54, 1.807) is 10.8 Å². The minimum atomic E-state index is -0.0732. The van der Waals surface area contributed by atoms with Gasteiger partial charge in [-0.3, -0.25) is 9.36 Å². The molecule has 0 amide bonds. The molecule has 29 heavy (non-hydrogen) atoms. The van der Waals surface area contributed by atoms with Gasteiger partial charge in [-0.25, -0.2) is 4.98 Å². The number of imidazole rings is 1. The van der Waals surface area contributed by atoms with E-state index in [4.69, 9.17) is 9.72 Å². The smallest absolute Gasteiger partial charge is 0.278 e. The van der Waals surface area contributed by atoms with Crippen LogP contribution in [0.4, 0.5) is 0 Å². The van der Waals surface area contributed by atoms with E-state index >= 15 is 0 Å². The molecule has 3 aliphatic heterocycles. The number of aromatic nitrogens is 3. The lowest BCUT2D eigenvalue weighted by molar-refractivity contribution is 0.169. The number of nitrogens with zero attached hydrogens (tertiary/aromatic N) is 2. The Morgan fingerprint density at radius 3 is 2.55 bits per heavy atom. The highest BCUT2D eigenvalue weighted by Gasteiger charge is 2.23. The first-order valence-corrected chi connectivity index (χ1v) is 9.81. The van der Waals surface area contributed by atoms with E-state index in [2.05, 4.69) is 17.1 Å². The number of fused-ring (bicyclic) bond motifs is 1. The van der Waals surface area contributed by atoms with E-state index in [1.165, 1.54) is 0 Å². The molecule has 3 heterocycles. The third-order valence-corrected chi connectivity index (χ3v) is 5.24. The maximum atomic E-state index is 13.1. The number of rotatable bonds is 5. The number of ether oxygens (including phenoxy) is 1. The van der Waals surface area contributed by atoms with E-state index in [0.29, 0.717) is 24.4 Å². The highest BCUT2D eigenvalue weighted by molar-refractivity contribution is 5.60. The summed E-state index contributed by atoms with van der Waals surface area (Å²) in [6, 6.07) is 20.2. The molecule has 0 fully saturated rings. The van der Waals surface area contributed by atoms with Crippen molar-refractivity contribution in [1.29, 1.82) is 0 Å². The predicted octanol–water partition coefficient (Wildman–Crippen LogP) is 4.10. The van der Waals surface area contributed by atoms with Crippen molar-refractivity contribution in [2.24, 2.45) is 0 Å². The molecule has 0 spiro atoms. The molecule has 1 N–H and O–H groups in total. The van der Waals surface area contributed by atoms with Crippen molar-refractivity contribution in [3.8, 4) is 17.1 Å². The summed E-state index contributed by atoms with van der Waals surface area (Å²) >= 11 is 0. The minimum absolute atomic E-state index is 0.0113. The zero-order valence-corrected chi connectivity index (χ0v) is 15.9. The van der Waals surface area contributed by atoms with Crippen LogP contribution in [0, 0.1) is 0 Å². The Labute approximate surface area is 168 Å². The van der Waals surface area contributed by atoms with Crippen molar-refractivity contribution in [2.45, 2.75) is 25.4 Å². The molecule has 0 bridgehead atoms. The van der Waals surface area contributed by atoms with Crippen molar-refractivity contribution in [1.82, 2.24) is 14.5 Å². The standard InChI is InChI=1S/C24H21N3O2/c28-24-21(15-19-12-7-13-29-19)26-23-20(14-17-8-3-1-4-9-17)25-22(16-27(23)24)18-10-5-2-6-11-18/h1-11,13,16,19,25H,12,14-15H2. The maximum absolute atomic E-state index is 13.1. The molecule has 5 rings (SSSR count). The van der Waals surface area contributed by atoms with Crippen LogP contribution in [-0.2, 0) is 17.6 Å². The van der Waals surface area contributed by atoms with Crippen molar-refractivity contribution in [2.75, 3.05) is 0 Å². The number of hydrogen-bond acceptors (Lipinski definition) is 3. The van der Waals surface area contributed by atoms with E-state index in [1.807, 2.05) is 60.8 Å². The monoisotopic (exact) mass is 383 g/mol. The summed E-state index contributed by atoms with van der Waals surface area (Å²) in [7, 11) is 0. The fourth-order valence-corrected chi connectivity index (χ4v) is 3.77. The zero-order chi connectivity index (χ0) is 19.6. The minimum Gasteiger partial charge on any atom is -0.498 e. The Bertz CT molecular complexity index is 1170. The van der Waals surface area contributed by atoms with Crippen LogP contribution >= 0.6 is 0 Å². The summed E-state index contributed by atoms with van der Waals surface area (Å²) < 4.78 is 7.23. The lowest BCUT2D eigenvalue weighted by atomic mass is 10.1. The van der Waals surface area contributed by atoms with Gasteiger partial charge in [0, 0.05) is 25.5 Å². The lowest BCUT2D eigenvalue weighted by Crippen LogP contribution is -2.20. The van der Waals surface area contributed by atoms with Crippen LogP contribution in [0.15, 0.2) is 84.0 Å². The van der Waals surface area contributed by atoms with Gasteiger partial charge in [-0.15, -0.1) is 0 Å². The van der Waals surface area contributed by atoms with Gasteiger partial charge in [0.25, 0.3) is 5.56 Å². The maximum Gasteiger partial charge on any atom is 0.278 e. The van der Waals surface area contributed by atoms with Crippen LogP contribution in [0.1, 0.15) is 23.4 Å². The summed E-state index contributed by atoms with van der Waals surface area (Å²) in [5.41, 5.74) is 4.48. The largest absolute Gasteiger partial charge is 0.498 e. The molecular formula is C24H21N3O2. The first kappa shape index (κ1) is 17.5. The number of aromatic amines is 1. The van der Waals surface area contributed by atoms with Crippen LogP contribution in [0.2, 0.25) is 0 Å². The van der Waals surface area contributed by atoms with E-state index in [9.17, 15) is 4.79 Å². The first-order chi connectivity index (χ1) is 14.3. The summed E-state index contributed by atoms with van der Waals surface area (Å²) in [4.78, 5) is 21.4. The molecule has 3 aliphatic rings. The second kappa shape index (κ2) is 7.43. The van der Waals surface area contributed by atoms with Gasteiger partial charge >= 0.3 is 0 Å². The third kappa shape index (κ3) is 3.47. The van der Waals surface area contributed by atoms with E-state index in [0.717, 1.165) is 28.9 Å². The number of nitrogens with one attached hydrogen (secondary N) is 1. The quantitative estimate of drug-likeness (QED) is 0.564. The van der Waals surface area contributed by atoms with Gasteiger partial charge in [-0.1, -0.05) is 60.7 Å². The molecule has 0 aliphatic carbocycles. The van der Waals surface area contributed by atoms with Crippen molar-refractivity contribution in [3.05, 3.63) is 107 Å². The third-order valence-electron chi connectivity index (χ3n) is 5.24. The first-order valence-electron chi connectivity index (χ1n) is 9.81. The van der Waals surface area contributed by atoms with Crippen molar-refractivity contribution < 1.29 is 4.74 Å². The Morgan fingerprint density at radius 1 is 1.07 bits per heavy atom. The summed E-state index contributed by atoms with van der Waals surface area (Å²) in [6.45, 7) is 0. The zero-order valence-electron chi connectivity index (χ0n) is 15.9. The van der Waals surface area contributed by atoms with Crippen LogP contribution in [-0.4, -0.2) is 20.6 Å². The Morgan fingerprint density at radius 2 is 1.83 bits per heavy atom. The Balaban J connectivity index is 1.62. The molecule has 144 valence electrons. The second-order valence-corrected chi connectivity index (χ2v) is 7.30. The normalized spacial score (nSPS) is 15.7. The molecule has 0 saturated carbocycles. The van der Waals surface area contributed by atoms with Crippen molar-refractivity contribution >= 4 is 0 Å². The van der Waals surface area contributed by atoms with E-state index < -0.39 is 0 Å². The van der Waals surface area contributed by atoms with Gasteiger partial charge in [0.15, 0.2) is 5.82 Å². The summed E-state index contributed by atoms with van der Waals surface area (Å²) in [5, 5.41) is 0. The fourth-order valence-electron chi connectivity index (χ4n) is 3.77. The Hall–Kier alpha value is -3.60. The van der Waals surface area contributed by atoms with Gasteiger partial charge in [0.05, 0.1) is 17.6 Å². The lowest BCUT2D eigenvalue weighted by Gasteiger charge is -2.13. The molecule has 0 saturated heterocycles. The average molecular weight is 383 g/mol. The van der Waals surface area contributed by atoms with E-state index in [-0.39, 0.29) is 11.7 Å². The van der Waals surface area contributed by atoms with Crippen LogP contribution in [0.3, 0.4) is 0 Å². The van der Waals surface area contributed by atoms with Gasteiger partial charge < -0.3 is 9.72 Å². The fraction of sp³-hybridized carbons (Fsp3) is 0.167. The van der Waals surface area contributed by atoms with Crippen molar-refractivity contribution in [3.63, 3.8) is 0 Å². The van der Waals surface area contributed by atoms with Gasteiger partial charge in [0.2, 0.25) is 0 Å². The molecule has 0 aromatic heterocycles. The molecule has 5 heteroatoms. The topological polar surface area (TPSA) is 59.9 Å². The molecule has 2 aromatic carbocycles. The number of H-pyrrole nitrogens is 1. The average Bonchev–Trinajstić information content (AvgIpc) is 3.38. The van der Waals surface area contributed by atoms with Crippen LogP contribution < -0.4 is 5.56 Å². The van der Waals surface area contributed by atoms with Gasteiger partial charge in [-0.05, 0) is 17.2 Å². The molecule has 1 atom stereocenters. The SMILES string of the molecule is O=c1c(CC2CC=CO2)nc2c(Cc3ccccc3)[nH]c(-c3ccccc3)cn1-2. The highest BCUT2D eigenvalue weighted by Crippen LogP contribution is 2.24. The molecule has 2 aromatic rings. The number of hydrogen-bond donors (Lipinski definition) is 1. The molecular weight excluding hydrogens is 362 g/mol. The second-order valence-electron chi connectivity index (χ2n) is 7.30. The summed E-state index contributed by atoms with van der Waals surface area (Å²) in [5.74, 6) is 0.680. The highest BCUT2D eigenvalue weighted by atomic mass is 16.5. The molecule has 0 radical (unpaired) electrons. The molecule has 5 nitrogen and oxygen atoms in total. The van der Waals surface area contributed by atoms with Crippen LogP contribution in [0.5, 0.6) is 0 Å². The van der Waals surface area contributed by atoms with Gasteiger partial charge in [0.1, 0.15) is 11.8 Å².